The summed E-state index contributed by atoms with van der Waals surface area (Å²) in [6.07, 6.45) is 0.919. The molecule has 0 fully saturated rings. The lowest BCUT2D eigenvalue weighted by molar-refractivity contribution is -0.140. The molecule has 0 amide bonds. The molecule has 0 atom stereocenters. The van der Waals surface area contributed by atoms with E-state index in [1.54, 1.807) is 0 Å². The highest BCUT2D eigenvalue weighted by atomic mass is 28.2. The average Bonchev–Trinajstić information content (AvgIpc) is 2.17. The maximum Gasteiger partial charge on any atom is 0.302 e. The van der Waals surface area contributed by atoms with Crippen molar-refractivity contribution < 1.29 is 19.0 Å². The van der Waals surface area contributed by atoms with Crippen molar-refractivity contribution >= 4 is 15.5 Å². The van der Waals surface area contributed by atoms with E-state index in [0.717, 1.165) is 12.5 Å². The van der Waals surface area contributed by atoms with E-state index in [2.05, 4.69) is 0 Å². The van der Waals surface area contributed by atoms with E-state index >= 15 is 0 Å². The lowest BCUT2D eigenvalue weighted by Gasteiger charge is -2.16. The smallest absolute Gasteiger partial charge is 0.302 e. The van der Waals surface area contributed by atoms with Gasteiger partial charge in [0.25, 0.3) is 0 Å². The molecule has 0 aliphatic rings. The van der Waals surface area contributed by atoms with E-state index in [4.69, 9.17) is 14.2 Å². The average molecular weight is 234 g/mol. The number of carbonyl (C=O) groups is 1. The minimum Gasteiger partial charge on any atom is -0.466 e. The minimum absolute atomic E-state index is 0.0253. The summed E-state index contributed by atoms with van der Waals surface area (Å²) in [5.74, 6) is -0.180. The Kier molecular flexibility index (Phi) is 9.87. The van der Waals surface area contributed by atoms with Gasteiger partial charge in [0.1, 0.15) is 5.91 Å². The largest absolute Gasteiger partial charge is 0.466 e. The van der Waals surface area contributed by atoms with Crippen LogP contribution in [0.25, 0.3) is 0 Å². The number of carbonyl (C=O) groups excluding carboxylic acids is 1. The molecule has 0 unspecified atom stereocenters. The zero-order chi connectivity index (χ0) is 11.5. The van der Waals surface area contributed by atoms with Gasteiger partial charge in [-0.05, 0) is 20.3 Å². The molecule has 0 aromatic carbocycles. The molecule has 0 N–H and O–H groups in total. The van der Waals surface area contributed by atoms with E-state index in [1.807, 2.05) is 13.8 Å². The van der Waals surface area contributed by atoms with Crippen LogP contribution in [0.4, 0.5) is 0 Å². The van der Waals surface area contributed by atoms with Gasteiger partial charge in [-0.1, -0.05) is 6.04 Å². The first kappa shape index (κ1) is 14.6. The molecule has 0 aliphatic carbocycles. The summed E-state index contributed by atoms with van der Waals surface area (Å²) in [6, 6.07) is 1.08. The third-order valence-electron chi connectivity index (χ3n) is 1.84. The maximum absolute atomic E-state index is 10.5. The SMILES string of the molecule is CCOC(OCC)[SiH2]CCCOC(C)=O. The van der Waals surface area contributed by atoms with Gasteiger partial charge in [-0.2, -0.15) is 0 Å². The van der Waals surface area contributed by atoms with Crippen LogP contribution in [0.15, 0.2) is 0 Å². The second-order valence-corrected chi connectivity index (χ2v) is 5.13. The van der Waals surface area contributed by atoms with Crippen molar-refractivity contribution in [2.45, 2.75) is 39.1 Å². The fourth-order valence-corrected chi connectivity index (χ4v) is 2.85. The van der Waals surface area contributed by atoms with Gasteiger partial charge in [-0.25, -0.2) is 0 Å². The normalized spacial score (nSPS) is 11.5. The Hall–Kier alpha value is -0.393. The van der Waals surface area contributed by atoms with Crippen LogP contribution in [0.5, 0.6) is 0 Å². The van der Waals surface area contributed by atoms with E-state index in [1.165, 1.54) is 6.92 Å². The molecule has 5 heteroatoms. The monoisotopic (exact) mass is 234 g/mol. The van der Waals surface area contributed by atoms with Gasteiger partial charge in [0, 0.05) is 20.1 Å². The van der Waals surface area contributed by atoms with Crippen LogP contribution in [0.3, 0.4) is 0 Å². The van der Waals surface area contributed by atoms with Crippen molar-refractivity contribution in [3.8, 4) is 0 Å². The molecule has 0 radical (unpaired) electrons. The number of hydrogen-bond donors (Lipinski definition) is 0. The number of esters is 1. The van der Waals surface area contributed by atoms with Gasteiger partial charge >= 0.3 is 5.97 Å². The Labute approximate surface area is 94.1 Å². The van der Waals surface area contributed by atoms with E-state index in [0.29, 0.717) is 19.8 Å². The fourth-order valence-electron chi connectivity index (χ4n) is 1.22. The predicted molar refractivity (Wildman–Crippen MR) is 61.6 cm³/mol. The lowest BCUT2D eigenvalue weighted by atomic mass is 10.5. The molecule has 0 aromatic heterocycles. The second-order valence-electron chi connectivity index (χ2n) is 3.18. The predicted octanol–water partition coefficient (Wildman–Crippen LogP) is 0.883. The zero-order valence-corrected chi connectivity index (χ0v) is 11.4. The molecule has 0 saturated carbocycles. The van der Waals surface area contributed by atoms with Crippen LogP contribution < -0.4 is 0 Å². The van der Waals surface area contributed by atoms with Gasteiger partial charge in [0.15, 0.2) is 0 Å². The Morgan fingerprint density at radius 1 is 1.27 bits per heavy atom. The number of hydrogen-bond acceptors (Lipinski definition) is 4. The lowest BCUT2D eigenvalue weighted by Crippen LogP contribution is -2.24. The van der Waals surface area contributed by atoms with Crippen LogP contribution in [0.2, 0.25) is 6.04 Å². The van der Waals surface area contributed by atoms with Crippen molar-refractivity contribution in [3.63, 3.8) is 0 Å². The molecule has 90 valence electrons. The molecule has 15 heavy (non-hydrogen) atoms. The first-order valence-corrected chi connectivity index (χ1v) is 7.38. The molecule has 0 spiro atoms. The molecule has 0 saturated heterocycles. The molecule has 0 aromatic rings. The van der Waals surface area contributed by atoms with Crippen molar-refractivity contribution in [2.24, 2.45) is 0 Å². The molecule has 0 heterocycles. The highest BCUT2D eigenvalue weighted by Gasteiger charge is 2.07. The summed E-state index contributed by atoms with van der Waals surface area (Å²) in [5.41, 5.74) is 0. The third kappa shape index (κ3) is 9.90. The molecule has 0 bridgehead atoms. The molecular formula is C10H22O4Si. The fraction of sp³-hybridized carbons (Fsp3) is 0.900. The van der Waals surface area contributed by atoms with E-state index < -0.39 is 0 Å². The summed E-state index contributed by atoms with van der Waals surface area (Å²) < 4.78 is 15.7. The van der Waals surface area contributed by atoms with Gasteiger partial charge in [-0.3, -0.25) is 4.79 Å². The van der Waals surface area contributed by atoms with Crippen LogP contribution in [0, 0.1) is 0 Å². The quantitative estimate of drug-likeness (QED) is 0.257. The first-order valence-electron chi connectivity index (χ1n) is 5.57. The second kappa shape index (κ2) is 10.1. The van der Waals surface area contributed by atoms with Gasteiger partial charge in [0.05, 0.1) is 16.1 Å². The van der Waals surface area contributed by atoms with Gasteiger partial charge < -0.3 is 14.2 Å². The van der Waals surface area contributed by atoms with Crippen molar-refractivity contribution in [1.82, 2.24) is 0 Å². The Morgan fingerprint density at radius 2 is 1.87 bits per heavy atom. The Balaban J connectivity index is 3.39. The van der Waals surface area contributed by atoms with Crippen molar-refractivity contribution in [3.05, 3.63) is 0 Å². The van der Waals surface area contributed by atoms with E-state index in [-0.39, 0.29) is 21.4 Å². The minimum atomic E-state index is -0.377. The first-order chi connectivity index (χ1) is 7.20. The third-order valence-corrected chi connectivity index (χ3v) is 3.70. The number of ether oxygens (including phenoxy) is 3. The summed E-state index contributed by atoms with van der Waals surface area (Å²) in [5, 5.41) is 0. The van der Waals surface area contributed by atoms with Gasteiger partial charge in [-0.15, -0.1) is 0 Å². The van der Waals surface area contributed by atoms with Gasteiger partial charge in [0.2, 0.25) is 0 Å². The molecule has 0 aliphatic heterocycles. The summed E-state index contributed by atoms with van der Waals surface area (Å²) >= 11 is 0. The molecule has 0 rings (SSSR count). The zero-order valence-electron chi connectivity index (χ0n) is 9.95. The maximum atomic E-state index is 10.5. The van der Waals surface area contributed by atoms with Crippen molar-refractivity contribution in [2.75, 3.05) is 19.8 Å². The van der Waals surface area contributed by atoms with E-state index in [9.17, 15) is 4.79 Å². The summed E-state index contributed by atoms with van der Waals surface area (Å²) in [7, 11) is -0.377. The Morgan fingerprint density at radius 3 is 2.33 bits per heavy atom. The van der Waals surface area contributed by atoms with Crippen molar-refractivity contribution in [1.29, 1.82) is 0 Å². The van der Waals surface area contributed by atoms with Crippen LogP contribution in [-0.4, -0.2) is 41.2 Å². The standard InChI is InChI=1S/C10H22O4Si/c1-4-12-10(13-5-2)15-8-6-7-14-9(3)11/h10H,4-8,15H2,1-3H3. The summed E-state index contributed by atoms with van der Waals surface area (Å²) in [6.45, 7) is 7.29. The molecule has 4 nitrogen and oxygen atoms in total. The highest BCUT2D eigenvalue weighted by Crippen LogP contribution is 1.99. The highest BCUT2D eigenvalue weighted by molar-refractivity contribution is 6.36. The number of rotatable bonds is 9. The topological polar surface area (TPSA) is 44.8 Å². The molecular weight excluding hydrogens is 212 g/mol. The van der Waals surface area contributed by atoms with Crippen LogP contribution >= 0.6 is 0 Å². The van der Waals surface area contributed by atoms with Crippen LogP contribution in [-0.2, 0) is 19.0 Å². The Bertz CT molecular complexity index is 158. The summed E-state index contributed by atoms with van der Waals surface area (Å²) in [4.78, 5) is 10.5. The van der Waals surface area contributed by atoms with Crippen LogP contribution in [0.1, 0.15) is 27.2 Å².